The van der Waals surface area contributed by atoms with Gasteiger partial charge in [0.1, 0.15) is 0 Å². The molecule has 0 aliphatic carbocycles. The molecule has 0 saturated heterocycles. The Bertz CT molecular complexity index is 1210. The highest BCUT2D eigenvalue weighted by Crippen LogP contribution is 2.30. The van der Waals surface area contributed by atoms with Crippen molar-refractivity contribution in [1.82, 2.24) is 0 Å². The first-order valence-electron chi connectivity index (χ1n) is 25.4. The van der Waals surface area contributed by atoms with Crippen LogP contribution in [0.25, 0.3) is 0 Å². The molecule has 0 amide bonds. The number of thiol groups is 4. The standard InChI is InChI=1S/C30H70O12S7Si4.C10H22S7.C5H12O3Si/c1-31-50(32-2,33-3)21-17-43-13-15-48-29(25-45-19-23-52(37-7,38-8)39-9)27-47-28-30(26-46-20-24-53(40-10,41-11)42-12)49-16-14-44-18-22-51(34-4,35-5)36-6;11-1-3-16-9(5-13)7-15-8-10(6-14)17-4-2-12;1-5-9(6-2,7-3)8-4/h29-30H,13-28H2,1-12H3;9-14H,1-8H2;5H,1H2,2-4H3. The molecule has 34 heteroatoms. The summed E-state index contributed by atoms with van der Waals surface area (Å²) in [4.78, 5) is 0. The maximum atomic E-state index is 5.65. The van der Waals surface area contributed by atoms with Gasteiger partial charge in [0.25, 0.3) is 0 Å². The third-order valence-electron chi connectivity index (χ3n) is 11.3. The molecule has 0 rings (SSSR count). The Balaban J connectivity index is -0.00000180. The Hall–Kier alpha value is 5.12. The fourth-order valence-corrected chi connectivity index (χ4v) is 31.1. The number of hydrogen-bond donors (Lipinski definition) is 4. The van der Waals surface area contributed by atoms with E-state index in [1.165, 1.54) is 11.5 Å². The quantitative estimate of drug-likeness (QED) is 0.0261. The minimum atomic E-state index is -2.58. The van der Waals surface area contributed by atoms with Crippen LogP contribution < -0.4 is 0 Å². The molecule has 0 aromatic rings. The molecule has 0 aliphatic rings. The fourth-order valence-electron chi connectivity index (χ4n) is 6.39. The zero-order valence-electron chi connectivity index (χ0n) is 50.1. The van der Waals surface area contributed by atoms with Crippen molar-refractivity contribution in [1.29, 1.82) is 0 Å². The van der Waals surface area contributed by atoms with Gasteiger partial charge in [0.05, 0.1) is 0 Å². The lowest BCUT2D eigenvalue weighted by atomic mass is 10.5. The molecular weight excluding hydrogens is 1370 g/mol. The Morgan fingerprint density at radius 1 is 0.304 bits per heavy atom. The van der Waals surface area contributed by atoms with Crippen LogP contribution in [0.4, 0.5) is 0 Å². The zero-order valence-corrected chi connectivity index (χ0v) is 66.8. The highest BCUT2D eigenvalue weighted by atomic mass is 32.2. The molecule has 478 valence electrons. The molecule has 79 heavy (non-hydrogen) atoms. The average molecular weight is 1470 g/mol. The lowest BCUT2D eigenvalue weighted by Gasteiger charge is -2.25. The minimum Gasteiger partial charge on any atom is -0.377 e. The van der Waals surface area contributed by atoms with Gasteiger partial charge in [-0.1, -0.05) is 6.58 Å². The molecule has 0 aliphatic heterocycles. The first-order chi connectivity index (χ1) is 38.1. The summed E-state index contributed by atoms with van der Waals surface area (Å²) in [5.74, 6) is 21.0. The normalized spacial score (nSPS) is 14.1. The van der Waals surface area contributed by atoms with Gasteiger partial charge in [-0.3, -0.25) is 0 Å². The average Bonchev–Trinajstić information content (AvgIpc) is 3.49. The summed E-state index contributed by atoms with van der Waals surface area (Å²) >= 11 is 37.4. The van der Waals surface area contributed by atoms with E-state index in [1.807, 2.05) is 82.3 Å². The van der Waals surface area contributed by atoms with E-state index in [4.69, 9.17) is 66.4 Å². The Kier molecular flexibility index (Phi) is 66.4. The SMILES string of the molecule is C=C[Si](OC)(OC)OC.CO[Si](CCSCCSC(CSCC[Si](OC)(OC)OC)CSCC(CSCC[Si](OC)(OC)OC)SCCSCC[Si](OC)(OC)OC)(OC)OC.SCCSC(CS)CSCC(CS)SCCS. The molecule has 0 bridgehead atoms. The van der Waals surface area contributed by atoms with Crippen LogP contribution in [0.5, 0.6) is 0 Å². The number of rotatable bonds is 56. The van der Waals surface area contributed by atoms with E-state index in [2.05, 4.69) is 92.4 Å². The van der Waals surface area contributed by atoms with Gasteiger partial charge in [-0.05, 0) is 40.2 Å². The summed E-state index contributed by atoms with van der Waals surface area (Å²) in [6, 6.07) is 3.21. The van der Waals surface area contributed by atoms with E-state index in [0.717, 1.165) is 128 Å². The van der Waals surface area contributed by atoms with E-state index in [-0.39, 0.29) is 0 Å². The summed E-state index contributed by atoms with van der Waals surface area (Å²) in [6.45, 7) is 3.53. The van der Waals surface area contributed by atoms with Crippen molar-refractivity contribution in [2.24, 2.45) is 0 Å². The molecule has 0 aromatic heterocycles. The van der Waals surface area contributed by atoms with Gasteiger partial charge in [-0.2, -0.15) is 168 Å². The van der Waals surface area contributed by atoms with Crippen LogP contribution in [0, 0.1) is 0 Å². The van der Waals surface area contributed by atoms with Crippen molar-refractivity contribution in [3.05, 3.63) is 12.3 Å². The summed E-state index contributed by atoms with van der Waals surface area (Å²) in [5, 5.41) is 2.39. The first kappa shape index (κ1) is 88.3. The molecule has 4 atom stereocenters. The third kappa shape index (κ3) is 42.7. The van der Waals surface area contributed by atoms with Crippen LogP contribution in [0.2, 0.25) is 24.2 Å². The highest BCUT2D eigenvalue weighted by Gasteiger charge is 2.40. The Labute approximate surface area is 551 Å². The number of hydrogen-bond acceptors (Lipinski definition) is 29. The predicted octanol–water partition coefficient (Wildman–Crippen LogP) is 10.6. The van der Waals surface area contributed by atoms with Crippen LogP contribution in [-0.4, -0.2) is 287 Å². The zero-order chi connectivity index (χ0) is 60.2. The maximum Gasteiger partial charge on any atom is 0.528 e. The van der Waals surface area contributed by atoms with Crippen molar-refractivity contribution in [2.45, 2.75) is 45.2 Å². The Morgan fingerprint density at radius 3 is 0.759 bits per heavy atom. The maximum absolute atomic E-state index is 5.65. The van der Waals surface area contributed by atoms with Gasteiger partial charge in [0, 0.05) is 232 Å². The molecule has 0 radical (unpaired) electrons. The topological polar surface area (TPSA) is 138 Å². The second-order valence-electron chi connectivity index (χ2n) is 15.8. The first-order valence-corrected chi connectivity index (χ1v) is 48.6. The summed E-state index contributed by atoms with van der Waals surface area (Å²) < 4.78 is 82.3. The van der Waals surface area contributed by atoms with E-state index >= 15 is 0 Å². The summed E-state index contributed by atoms with van der Waals surface area (Å²) in [5.41, 5.74) is 1.58. The largest absolute Gasteiger partial charge is 0.528 e. The summed E-state index contributed by atoms with van der Waals surface area (Å²) in [7, 11) is 12.1. The smallest absolute Gasteiger partial charge is 0.377 e. The molecule has 4 unspecified atom stereocenters. The third-order valence-corrected chi connectivity index (χ3v) is 41.9. The Morgan fingerprint density at radius 2 is 0.544 bits per heavy atom. The van der Waals surface area contributed by atoms with Gasteiger partial charge in [-0.25, -0.2) is 0 Å². The molecule has 0 saturated carbocycles. The fraction of sp³-hybridized carbons (Fsp3) is 0.956. The lowest BCUT2D eigenvalue weighted by molar-refractivity contribution is 0.125. The van der Waals surface area contributed by atoms with Gasteiger partial charge in [0.2, 0.25) is 0 Å². The molecule has 0 heterocycles. The van der Waals surface area contributed by atoms with Crippen LogP contribution in [0.15, 0.2) is 12.3 Å². The molecule has 0 N–H and O–H groups in total. The van der Waals surface area contributed by atoms with Crippen molar-refractivity contribution in [3.8, 4) is 0 Å². The summed E-state index contributed by atoms with van der Waals surface area (Å²) in [6.07, 6.45) is 0. The van der Waals surface area contributed by atoms with Crippen LogP contribution in [0.1, 0.15) is 0 Å². The van der Waals surface area contributed by atoms with Gasteiger partial charge < -0.3 is 66.4 Å². The van der Waals surface area contributed by atoms with Crippen LogP contribution >= 0.6 is 168 Å². The van der Waals surface area contributed by atoms with E-state index < -0.39 is 44.0 Å². The minimum absolute atomic E-state index is 0.539. The van der Waals surface area contributed by atoms with Gasteiger partial charge in [0.15, 0.2) is 0 Å². The number of thioether (sulfide) groups is 10. The van der Waals surface area contributed by atoms with Crippen molar-refractivity contribution in [3.63, 3.8) is 0 Å². The molecule has 0 spiro atoms. The molecule has 0 fully saturated rings. The van der Waals surface area contributed by atoms with E-state index in [1.54, 1.807) is 112 Å². The highest BCUT2D eigenvalue weighted by molar-refractivity contribution is 8.08. The second-order valence-corrected chi connectivity index (χ2v) is 45.2. The monoisotopic (exact) mass is 1470 g/mol. The van der Waals surface area contributed by atoms with E-state index in [9.17, 15) is 0 Å². The lowest BCUT2D eigenvalue weighted by Crippen LogP contribution is -2.43. The molecule has 15 nitrogen and oxygen atoms in total. The molecular formula is C45H104O15S14Si5. The van der Waals surface area contributed by atoms with E-state index in [0.29, 0.717) is 21.0 Å². The van der Waals surface area contributed by atoms with Gasteiger partial charge >= 0.3 is 44.0 Å². The van der Waals surface area contributed by atoms with Crippen molar-refractivity contribution < 1.29 is 66.4 Å². The van der Waals surface area contributed by atoms with Gasteiger partial charge in [-0.15, -0.1) is 0 Å². The van der Waals surface area contributed by atoms with Crippen molar-refractivity contribution >= 4 is 212 Å². The second kappa shape index (κ2) is 59.4. The predicted molar refractivity (Wildman–Crippen MR) is 388 cm³/mol. The van der Waals surface area contributed by atoms with Crippen molar-refractivity contribution in [2.75, 3.05) is 222 Å². The van der Waals surface area contributed by atoms with Crippen LogP contribution in [0.3, 0.4) is 0 Å². The van der Waals surface area contributed by atoms with Crippen LogP contribution in [-0.2, 0) is 66.4 Å². The molecule has 0 aromatic carbocycles.